The molecule has 1 N–H and O–H groups in total. The number of ether oxygens (including phenoxy) is 2. The molecule has 1 aliphatic heterocycles. The van der Waals surface area contributed by atoms with Gasteiger partial charge in [-0.05, 0) is 36.1 Å². The van der Waals surface area contributed by atoms with E-state index in [4.69, 9.17) is 9.47 Å². The van der Waals surface area contributed by atoms with Gasteiger partial charge >= 0.3 is 0 Å². The van der Waals surface area contributed by atoms with Gasteiger partial charge in [0.15, 0.2) is 4.91 Å². The van der Waals surface area contributed by atoms with Crippen molar-refractivity contribution in [1.82, 2.24) is 0 Å². The largest absolute Gasteiger partial charge is 0.497 e. The lowest BCUT2D eigenvalue weighted by molar-refractivity contribution is 0.104. The lowest BCUT2D eigenvalue weighted by atomic mass is 10.1. The fraction of sp³-hybridized carbons (Fsp3) is 0.174. The number of hydrogen-bond acceptors (Lipinski definition) is 7. The number of aryl methyl sites for hydroxylation is 1. The summed E-state index contributed by atoms with van der Waals surface area (Å²) in [6, 6.07) is 14.4. The van der Waals surface area contributed by atoms with E-state index in [2.05, 4.69) is 5.32 Å². The number of allylic oxidation sites excluding steroid dienone is 1. The van der Waals surface area contributed by atoms with Crippen molar-refractivity contribution in [2.24, 2.45) is 0 Å². The van der Waals surface area contributed by atoms with Crippen LogP contribution in [0.3, 0.4) is 0 Å². The average Bonchev–Trinajstić information content (AvgIpc) is 3.27. The summed E-state index contributed by atoms with van der Waals surface area (Å²) in [5.74, 6) is 0.513. The molecule has 9 heteroatoms. The first kappa shape index (κ1) is 21.9. The van der Waals surface area contributed by atoms with Gasteiger partial charge in [0.25, 0.3) is 10.0 Å². The second-order valence-electron chi connectivity index (χ2n) is 7.18. The number of fused-ring (bicyclic) bond motifs is 1. The number of carbonyl (C=O) groups is 1. The molecule has 0 unspecified atom stereocenters. The minimum Gasteiger partial charge on any atom is -0.497 e. The number of methoxy groups -OCH3 is 2. The predicted molar refractivity (Wildman–Crippen MR) is 126 cm³/mol. The van der Waals surface area contributed by atoms with Crippen molar-refractivity contribution < 1.29 is 22.7 Å². The number of Topliss-reactive ketones (excluding diaryl/α,β-unsaturated/α-hetero) is 1. The summed E-state index contributed by atoms with van der Waals surface area (Å²) in [5, 5.41) is 4.65. The van der Waals surface area contributed by atoms with Gasteiger partial charge < -0.3 is 14.8 Å². The van der Waals surface area contributed by atoms with Crippen molar-refractivity contribution in [2.45, 2.75) is 13.5 Å². The van der Waals surface area contributed by atoms with Gasteiger partial charge in [-0.3, -0.25) is 9.10 Å². The third-order valence-corrected chi connectivity index (χ3v) is 7.79. The summed E-state index contributed by atoms with van der Waals surface area (Å²) in [4.78, 5) is 13.1. The lowest BCUT2D eigenvalue weighted by Crippen LogP contribution is -2.38. The quantitative estimate of drug-likeness (QED) is 0.532. The van der Waals surface area contributed by atoms with Crippen LogP contribution in [0.1, 0.15) is 20.8 Å². The summed E-state index contributed by atoms with van der Waals surface area (Å²) in [7, 11) is -1.05. The molecule has 0 fully saturated rings. The topological polar surface area (TPSA) is 84.9 Å². The number of carbonyl (C=O) groups excluding carboxylic acids is 1. The normalized spacial score (nSPS) is 16.0. The standard InChI is InChI=1S/C23H22N2O5S2/c1-15-4-6-16(7-5-15)14-25-19-10-11-31-23(19)22(26)21(32(25,27)28)13-24-18-9-8-17(29-2)12-20(18)30-3/h4-13,24H,14H2,1-3H3/b21-13-. The van der Waals surface area contributed by atoms with Crippen LogP contribution in [-0.2, 0) is 16.6 Å². The Morgan fingerprint density at radius 2 is 1.81 bits per heavy atom. The van der Waals surface area contributed by atoms with E-state index in [1.807, 2.05) is 31.2 Å². The van der Waals surface area contributed by atoms with Gasteiger partial charge in [-0.25, -0.2) is 8.42 Å². The fourth-order valence-corrected chi connectivity index (χ4v) is 5.86. The van der Waals surface area contributed by atoms with E-state index in [1.165, 1.54) is 29.0 Å². The van der Waals surface area contributed by atoms with Crippen LogP contribution >= 0.6 is 11.3 Å². The predicted octanol–water partition coefficient (Wildman–Crippen LogP) is 4.56. The van der Waals surface area contributed by atoms with Crippen LogP contribution in [0.2, 0.25) is 0 Å². The smallest absolute Gasteiger partial charge is 0.270 e. The number of anilines is 2. The fourth-order valence-electron chi connectivity index (χ4n) is 3.38. The molecule has 3 aromatic rings. The number of hydrogen-bond donors (Lipinski definition) is 1. The Bertz CT molecular complexity index is 1290. The summed E-state index contributed by atoms with van der Waals surface area (Å²) in [5.41, 5.74) is 2.82. The molecule has 32 heavy (non-hydrogen) atoms. The van der Waals surface area contributed by atoms with E-state index < -0.39 is 15.8 Å². The minimum absolute atomic E-state index is 0.128. The van der Waals surface area contributed by atoms with Crippen LogP contribution in [0, 0.1) is 6.92 Å². The van der Waals surface area contributed by atoms with Crippen LogP contribution in [0.15, 0.2) is 65.0 Å². The summed E-state index contributed by atoms with van der Waals surface area (Å²) in [6.45, 7) is 2.10. The second kappa shape index (κ2) is 8.68. The molecular formula is C23H22N2O5S2. The summed E-state index contributed by atoms with van der Waals surface area (Å²) in [6.07, 6.45) is 1.23. The molecule has 0 spiro atoms. The van der Waals surface area contributed by atoms with E-state index in [0.29, 0.717) is 27.8 Å². The lowest BCUT2D eigenvalue weighted by Gasteiger charge is -2.29. The van der Waals surface area contributed by atoms with Crippen molar-refractivity contribution in [1.29, 1.82) is 0 Å². The Labute approximate surface area is 191 Å². The van der Waals surface area contributed by atoms with Crippen LogP contribution in [0.5, 0.6) is 11.5 Å². The molecule has 166 valence electrons. The van der Waals surface area contributed by atoms with Crippen molar-refractivity contribution >= 4 is 38.5 Å². The molecule has 0 radical (unpaired) electrons. The third kappa shape index (κ3) is 3.96. The first-order chi connectivity index (χ1) is 15.3. The van der Waals surface area contributed by atoms with Crippen LogP contribution in [0.25, 0.3) is 0 Å². The highest BCUT2D eigenvalue weighted by atomic mass is 32.2. The Morgan fingerprint density at radius 3 is 2.50 bits per heavy atom. The van der Waals surface area contributed by atoms with Crippen LogP contribution in [0.4, 0.5) is 11.4 Å². The number of nitrogens with one attached hydrogen (secondary N) is 1. The van der Waals surface area contributed by atoms with Gasteiger partial charge in [0.2, 0.25) is 5.78 Å². The number of thiophene rings is 1. The van der Waals surface area contributed by atoms with E-state index >= 15 is 0 Å². The van der Waals surface area contributed by atoms with Crippen LogP contribution in [-0.4, -0.2) is 28.4 Å². The van der Waals surface area contributed by atoms with Gasteiger partial charge in [0.1, 0.15) is 16.4 Å². The highest BCUT2D eigenvalue weighted by Gasteiger charge is 2.41. The minimum atomic E-state index is -4.08. The maximum absolute atomic E-state index is 13.5. The zero-order valence-corrected chi connectivity index (χ0v) is 19.4. The number of ketones is 1. The Balaban J connectivity index is 1.73. The molecule has 0 saturated heterocycles. The molecule has 2 heterocycles. The molecule has 1 aliphatic rings. The molecule has 7 nitrogen and oxygen atoms in total. The van der Waals surface area contributed by atoms with E-state index in [9.17, 15) is 13.2 Å². The maximum atomic E-state index is 13.5. The Kier molecular flexibility index (Phi) is 5.94. The van der Waals surface area contributed by atoms with Gasteiger partial charge in [0, 0.05) is 12.3 Å². The molecule has 0 bridgehead atoms. The van der Waals surface area contributed by atoms with Gasteiger partial charge in [0.05, 0.1) is 32.1 Å². The number of sulfonamides is 1. The Hall–Kier alpha value is -3.30. The van der Waals surface area contributed by atoms with Crippen molar-refractivity contribution in [3.05, 3.63) is 81.0 Å². The van der Waals surface area contributed by atoms with E-state index in [-0.39, 0.29) is 11.4 Å². The molecule has 0 atom stereocenters. The van der Waals surface area contributed by atoms with Crippen molar-refractivity contribution in [3.8, 4) is 11.5 Å². The monoisotopic (exact) mass is 470 g/mol. The molecule has 4 rings (SSSR count). The number of benzene rings is 2. The molecule has 0 aliphatic carbocycles. The zero-order valence-electron chi connectivity index (χ0n) is 17.8. The first-order valence-electron chi connectivity index (χ1n) is 9.74. The second-order valence-corrected chi connectivity index (χ2v) is 9.93. The van der Waals surface area contributed by atoms with Gasteiger partial charge in [-0.15, -0.1) is 11.3 Å². The number of nitrogens with zero attached hydrogens (tertiary/aromatic N) is 1. The summed E-state index contributed by atoms with van der Waals surface area (Å²) >= 11 is 1.22. The molecule has 2 aromatic carbocycles. The molecule has 1 aromatic heterocycles. The SMILES string of the molecule is COc1ccc(N/C=C2/C(=O)c3sccc3N(Cc3ccc(C)cc3)S2(=O)=O)c(OC)c1. The van der Waals surface area contributed by atoms with Gasteiger partial charge in [-0.2, -0.15) is 0 Å². The van der Waals surface area contributed by atoms with Crippen molar-refractivity contribution in [3.63, 3.8) is 0 Å². The van der Waals surface area contributed by atoms with Crippen LogP contribution < -0.4 is 19.1 Å². The Morgan fingerprint density at radius 1 is 1.06 bits per heavy atom. The maximum Gasteiger partial charge on any atom is 0.270 e. The summed E-state index contributed by atoms with van der Waals surface area (Å²) < 4.78 is 38.8. The molecule has 0 saturated carbocycles. The van der Waals surface area contributed by atoms with Crippen molar-refractivity contribution in [2.75, 3.05) is 23.8 Å². The first-order valence-corrected chi connectivity index (χ1v) is 12.1. The van der Waals surface area contributed by atoms with E-state index in [1.54, 1.807) is 36.8 Å². The highest BCUT2D eigenvalue weighted by Crippen LogP contribution is 2.39. The molecule has 0 amide bonds. The van der Waals surface area contributed by atoms with Gasteiger partial charge in [-0.1, -0.05) is 29.8 Å². The van der Waals surface area contributed by atoms with E-state index in [0.717, 1.165) is 11.1 Å². The highest BCUT2D eigenvalue weighted by molar-refractivity contribution is 7.97. The average molecular weight is 471 g/mol. The molecular weight excluding hydrogens is 448 g/mol. The zero-order chi connectivity index (χ0) is 22.9. The third-order valence-electron chi connectivity index (χ3n) is 5.13. The number of rotatable bonds is 6.